The Labute approximate surface area is 364 Å². The molecular formula is C45H77N5O11. The molecule has 16 heteroatoms. The highest BCUT2D eigenvalue weighted by molar-refractivity contribution is 5.87. The van der Waals surface area contributed by atoms with Crippen LogP contribution in [0.15, 0.2) is 24.3 Å². The number of ether oxygens (including phenoxy) is 5. The van der Waals surface area contributed by atoms with Crippen molar-refractivity contribution in [2.24, 2.45) is 5.92 Å². The predicted molar refractivity (Wildman–Crippen MR) is 233 cm³/mol. The van der Waals surface area contributed by atoms with Gasteiger partial charge in [-0.15, -0.1) is 0 Å². The Bertz CT molecular complexity index is 1480. The highest BCUT2D eigenvalue weighted by atomic mass is 16.7. The average molecular weight is 864 g/mol. The Morgan fingerprint density at radius 2 is 1.36 bits per heavy atom. The van der Waals surface area contributed by atoms with Crippen LogP contribution in [-0.4, -0.2) is 127 Å². The molecule has 0 aromatic heterocycles. The van der Waals surface area contributed by atoms with Crippen molar-refractivity contribution in [3.05, 3.63) is 29.8 Å². The molecule has 1 fully saturated rings. The first-order valence-electron chi connectivity index (χ1n) is 22.0. The Morgan fingerprint density at radius 3 is 1.89 bits per heavy atom. The van der Waals surface area contributed by atoms with E-state index in [2.05, 4.69) is 16.0 Å². The van der Waals surface area contributed by atoms with Crippen LogP contribution in [0.25, 0.3) is 0 Å². The van der Waals surface area contributed by atoms with Crippen molar-refractivity contribution in [3.63, 3.8) is 0 Å². The van der Waals surface area contributed by atoms with Crippen molar-refractivity contribution < 1.29 is 52.8 Å². The lowest BCUT2D eigenvalue weighted by Gasteiger charge is -2.33. The smallest absolute Gasteiger partial charge is 0.410 e. The minimum Gasteiger partial charge on any atom is -0.465 e. The van der Waals surface area contributed by atoms with Crippen LogP contribution in [0.4, 0.5) is 14.4 Å². The van der Waals surface area contributed by atoms with Gasteiger partial charge in [0.2, 0.25) is 11.8 Å². The minimum atomic E-state index is -0.786. The van der Waals surface area contributed by atoms with E-state index in [9.17, 15) is 29.1 Å². The summed E-state index contributed by atoms with van der Waals surface area (Å²) in [4.78, 5) is 68.4. The summed E-state index contributed by atoms with van der Waals surface area (Å²) in [6, 6.07) is 6.68. The number of amides is 5. The van der Waals surface area contributed by atoms with Gasteiger partial charge in [0.1, 0.15) is 28.6 Å². The number of benzene rings is 1. The maximum absolute atomic E-state index is 13.6. The topological polar surface area (TPSA) is 194 Å². The number of rotatable bonds is 23. The largest absolute Gasteiger partial charge is 0.465 e. The maximum Gasteiger partial charge on any atom is 0.410 e. The van der Waals surface area contributed by atoms with Crippen molar-refractivity contribution >= 4 is 30.1 Å². The first-order chi connectivity index (χ1) is 28.6. The first kappa shape index (κ1) is 52.8. The zero-order chi connectivity index (χ0) is 45.6. The second-order valence-electron chi connectivity index (χ2n) is 18.6. The van der Waals surface area contributed by atoms with Crippen LogP contribution >= 0.6 is 0 Å². The van der Waals surface area contributed by atoms with E-state index in [4.69, 9.17) is 23.7 Å². The number of nitrogens with zero attached hydrogens (tertiary/aromatic N) is 2. The van der Waals surface area contributed by atoms with Crippen LogP contribution in [-0.2, 0) is 35.0 Å². The number of carbonyl (C=O) groups is 5. The minimum absolute atomic E-state index is 0.174. The number of aliphatic hydroxyl groups is 1. The Balaban J connectivity index is 2.09. The monoisotopic (exact) mass is 864 g/mol. The Kier molecular flexibility index (Phi) is 22.7. The summed E-state index contributed by atoms with van der Waals surface area (Å²) < 4.78 is 28.4. The summed E-state index contributed by atoms with van der Waals surface area (Å²) in [5.41, 5.74) is -1.32. The molecule has 5 amide bonds. The molecule has 4 N–H and O–H groups in total. The summed E-state index contributed by atoms with van der Waals surface area (Å²) in [6.07, 6.45) is 3.99. The number of aliphatic hydroxyl groups excluding tert-OH is 1. The summed E-state index contributed by atoms with van der Waals surface area (Å²) >= 11 is 0. The van der Waals surface area contributed by atoms with E-state index in [1.54, 1.807) is 67.2 Å². The van der Waals surface area contributed by atoms with Crippen LogP contribution in [0, 0.1) is 5.92 Å². The molecule has 2 rings (SSSR count). The van der Waals surface area contributed by atoms with Gasteiger partial charge >= 0.3 is 18.3 Å². The number of nitrogens with one attached hydrogen (secondary N) is 3. The normalized spacial score (nSPS) is 15.4. The Hall–Kier alpha value is -4.31. The van der Waals surface area contributed by atoms with Gasteiger partial charge in [-0.05, 0) is 131 Å². The lowest BCUT2D eigenvalue weighted by Crippen LogP contribution is -2.48. The van der Waals surface area contributed by atoms with Gasteiger partial charge in [0.05, 0.1) is 6.61 Å². The lowest BCUT2D eigenvalue weighted by atomic mass is 10.0. The molecule has 1 heterocycles. The third-order valence-electron chi connectivity index (χ3n) is 9.12. The van der Waals surface area contributed by atoms with Gasteiger partial charge in [-0.25, -0.2) is 14.4 Å². The third-order valence-corrected chi connectivity index (χ3v) is 9.12. The van der Waals surface area contributed by atoms with Gasteiger partial charge in [-0.1, -0.05) is 19.1 Å². The van der Waals surface area contributed by atoms with Gasteiger partial charge in [-0.2, -0.15) is 0 Å². The van der Waals surface area contributed by atoms with Crippen LogP contribution < -0.4 is 20.7 Å². The fourth-order valence-electron chi connectivity index (χ4n) is 6.35. The summed E-state index contributed by atoms with van der Waals surface area (Å²) in [5.74, 6) is -0.182. The van der Waals surface area contributed by atoms with Crippen LogP contribution in [0.5, 0.6) is 5.75 Å². The van der Waals surface area contributed by atoms with Crippen LogP contribution in [0.3, 0.4) is 0 Å². The summed E-state index contributed by atoms with van der Waals surface area (Å²) in [5, 5.41) is 18.6. The van der Waals surface area contributed by atoms with Crippen molar-refractivity contribution in [2.75, 3.05) is 52.5 Å². The number of hydrogen-bond acceptors (Lipinski definition) is 11. The molecule has 1 aromatic carbocycles. The van der Waals surface area contributed by atoms with E-state index in [0.29, 0.717) is 63.8 Å². The fraction of sp³-hybridized carbons (Fsp3) is 0.756. The molecule has 1 aliphatic heterocycles. The molecule has 1 aromatic rings. The quantitative estimate of drug-likeness (QED) is 0.0676. The molecule has 0 aliphatic carbocycles. The molecule has 0 radical (unpaired) electrons. The van der Waals surface area contributed by atoms with E-state index < -0.39 is 41.1 Å². The highest BCUT2D eigenvalue weighted by Gasteiger charge is 2.29. The van der Waals surface area contributed by atoms with Gasteiger partial charge in [0.15, 0.2) is 6.29 Å². The van der Waals surface area contributed by atoms with E-state index in [1.165, 1.54) is 4.90 Å². The van der Waals surface area contributed by atoms with Crippen LogP contribution in [0.2, 0.25) is 0 Å². The molecule has 61 heavy (non-hydrogen) atoms. The molecule has 1 aliphatic rings. The van der Waals surface area contributed by atoms with E-state index >= 15 is 0 Å². The highest BCUT2D eigenvalue weighted by Crippen LogP contribution is 2.21. The number of unbranched alkanes of at least 4 members (excludes halogenated alkanes) is 1. The van der Waals surface area contributed by atoms with Crippen molar-refractivity contribution in [1.29, 1.82) is 0 Å². The fourth-order valence-corrected chi connectivity index (χ4v) is 6.35. The molecule has 16 nitrogen and oxygen atoms in total. The maximum atomic E-state index is 13.6. The van der Waals surface area contributed by atoms with E-state index in [1.807, 2.05) is 31.2 Å². The predicted octanol–water partition coefficient (Wildman–Crippen LogP) is 6.70. The third kappa shape index (κ3) is 24.1. The second kappa shape index (κ2) is 26.2. The SMILES string of the molecule is CCCC(=O)N[C@@H](Cc1ccc(OC2CCCCO2)cc1)C(=O)NCCCCN(CC(CCO)CN(CCCNC(=O)OC(C)(C)C)C(=O)OC(C)(C)C)C(=O)OC(C)(C)C. The molecule has 0 saturated carbocycles. The van der Waals surface area contributed by atoms with Crippen molar-refractivity contribution in [1.82, 2.24) is 25.8 Å². The molecule has 0 spiro atoms. The average Bonchev–Trinajstić information content (AvgIpc) is 3.14. The molecule has 2 unspecified atom stereocenters. The van der Waals surface area contributed by atoms with Gasteiger partial charge in [-0.3, -0.25) is 9.59 Å². The zero-order valence-electron chi connectivity index (χ0n) is 38.7. The molecule has 1 saturated heterocycles. The molecule has 0 bridgehead atoms. The van der Waals surface area contributed by atoms with Gasteiger partial charge in [0, 0.05) is 65.1 Å². The van der Waals surface area contributed by atoms with Crippen molar-refractivity contribution in [3.8, 4) is 5.75 Å². The van der Waals surface area contributed by atoms with Crippen molar-refractivity contribution in [2.45, 2.75) is 163 Å². The number of hydrogen-bond donors (Lipinski definition) is 4. The Morgan fingerprint density at radius 1 is 0.787 bits per heavy atom. The standard InChI is InChI=1S/C45H77N5O11/c1-11-17-37(52)48-36(30-33-19-21-35(22-20-33)58-38-18-12-15-29-57-38)39(53)46-24-13-14-26-49(41(55)60-44(5,6)7)31-34(23-28-51)32-50(42(56)61-45(8,9)10)27-16-25-47-40(54)59-43(2,3)4/h19-22,34,36,38,51H,11-18,23-32H2,1-10H3,(H,46,53)(H,47,54)(H,48,52)/t34?,36-,38?/m0/s1. The van der Waals surface area contributed by atoms with Gasteiger partial charge in [0.25, 0.3) is 0 Å². The van der Waals surface area contributed by atoms with E-state index in [0.717, 1.165) is 24.8 Å². The summed E-state index contributed by atoms with van der Waals surface area (Å²) in [7, 11) is 0. The summed E-state index contributed by atoms with van der Waals surface area (Å²) in [6.45, 7) is 19.8. The van der Waals surface area contributed by atoms with Gasteiger partial charge < -0.3 is 54.5 Å². The second-order valence-corrected chi connectivity index (χ2v) is 18.6. The van der Waals surface area contributed by atoms with E-state index in [-0.39, 0.29) is 63.4 Å². The molecule has 348 valence electrons. The number of carbonyl (C=O) groups excluding carboxylic acids is 5. The number of alkyl carbamates (subject to hydrolysis) is 1. The van der Waals surface area contributed by atoms with Crippen LogP contribution in [0.1, 0.15) is 133 Å². The molecule has 3 atom stereocenters. The molecular weight excluding hydrogens is 787 g/mol. The lowest BCUT2D eigenvalue weighted by molar-refractivity contribution is -0.129. The zero-order valence-corrected chi connectivity index (χ0v) is 38.7. The first-order valence-corrected chi connectivity index (χ1v) is 22.0.